The van der Waals surface area contributed by atoms with Crippen molar-refractivity contribution in [3.8, 4) is 0 Å². The van der Waals surface area contributed by atoms with E-state index >= 15 is 0 Å². The van der Waals surface area contributed by atoms with Gasteiger partial charge in [0.2, 0.25) is 5.78 Å². The first-order chi connectivity index (χ1) is 5.68. The zero-order valence-electron chi connectivity index (χ0n) is 6.33. The number of allylic oxidation sites excluding steroid dienone is 2. The van der Waals surface area contributed by atoms with Crippen LogP contribution in [-0.2, 0) is 0 Å². The fourth-order valence-electron chi connectivity index (χ4n) is 1.07. The summed E-state index contributed by atoms with van der Waals surface area (Å²) in [5.74, 6) is -0.288. The number of rotatable bonds is 0. The maximum atomic E-state index is 11.2. The normalized spacial score (nSPS) is 15.1. The van der Waals surface area contributed by atoms with Gasteiger partial charge in [-0.1, -0.05) is 0 Å². The second-order valence-corrected chi connectivity index (χ2v) is 3.68. The number of fused-ring (bicyclic) bond motifs is 1. The van der Waals surface area contributed by atoms with Crippen LogP contribution in [0, 0.1) is 6.92 Å². The third kappa shape index (κ3) is 0.921. The molecule has 0 aliphatic heterocycles. The number of aryl methyl sites for hydroxylation is 1. The Morgan fingerprint density at radius 3 is 2.58 bits per heavy atom. The number of hydrogen-bond donors (Lipinski definition) is 0. The number of ketones is 2. The minimum atomic E-state index is -0.172. The molecule has 3 nitrogen and oxygen atoms in total. The fraction of sp³-hybridized carbons (Fsp3) is 0.125. The van der Waals surface area contributed by atoms with Crippen LogP contribution in [-0.4, -0.2) is 16.6 Å². The third-order valence-electron chi connectivity index (χ3n) is 1.58. The fourth-order valence-corrected chi connectivity index (χ4v) is 1.91. The van der Waals surface area contributed by atoms with E-state index in [9.17, 15) is 9.59 Å². The van der Waals surface area contributed by atoms with Crippen molar-refractivity contribution in [2.24, 2.45) is 0 Å². The molecule has 12 heavy (non-hydrogen) atoms. The number of thiazole rings is 1. The molecular formula is C8H5NO2S. The van der Waals surface area contributed by atoms with E-state index in [4.69, 9.17) is 0 Å². The van der Waals surface area contributed by atoms with Crippen LogP contribution in [0.2, 0.25) is 0 Å². The molecule has 1 aromatic heterocycles. The van der Waals surface area contributed by atoms with Gasteiger partial charge in [0.25, 0.3) is 0 Å². The van der Waals surface area contributed by atoms with Crippen LogP contribution in [0.1, 0.15) is 25.2 Å². The van der Waals surface area contributed by atoms with Crippen LogP contribution in [0.25, 0.3) is 0 Å². The summed E-state index contributed by atoms with van der Waals surface area (Å²) in [6.45, 7) is 1.78. The molecule has 0 spiro atoms. The molecule has 60 valence electrons. The monoisotopic (exact) mass is 179 g/mol. The van der Waals surface area contributed by atoms with Crippen LogP contribution >= 0.6 is 11.3 Å². The SMILES string of the molecule is Cc1nc2c(s1)C(=O)C=CC2=O. The summed E-state index contributed by atoms with van der Waals surface area (Å²) in [5.41, 5.74) is 0.310. The summed E-state index contributed by atoms with van der Waals surface area (Å²) in [7, 11) is 0. The Kier molecular flexibility index (Phi) is 1.44. The van der Waals surface area contributed by atoms with Gasteiger partial charge in [-0.15, -0.1) is 11.3 Å². The first-order valence-electron chi connectivity index (χ1n) is 3.42. The van der Waals surface area contributed by atoms with Crippen molar-refractivity contribution in [3.63, 3.8) is 0 Å². The maximum Gasteiger partial charge on any atom is 0.205 e. The lowest BCUT2D eigenvalue weighted by Crippen LogP contribution is -2.08. The third-order valence-corrected chi connectivity index (χ3v) is 2.56. The number of carbonyl (C=O) groups is 2. The van der Waals surface area contributed by atoms with Crippen molar-refractivity contribution >= 4 is 22.9 Å². The van der Waals surface area contributed by atoms with Crippen molar-refractivity contribution < 1.29 is 9.59 Å². The molecule has 0 unspecified atom stereocenters. The van der Waals surface area contributed by atoms with Gasteiger partial charge in [0.1, 0.15) is 10.6 Å². The first kappa shape index (κ1) is 7.36. The Morgan fingerprint density at radius 2 is 1.92 bits per heavy atom. The smallest absolute Gasteiger partial charge is 0.205 e. The Labute approximate surface area is 72.7 Å². The Morgan fingerprint density at radius 1 is 1.25 bits per heavy atom. The number of hydrogen-bond acceptors (Lipinski definition) is 4. The number of carbonyl (C=O) groups excluding carboxylic acids is 2. The summed E-state index contributed by atoms with van der Waals surface area (Å²) in [6.07, 6.45) is 2.56. The summed E-state index contributed by atoms with van der Waals surface area (Å²) < 4.78 is 0. The van der Waals surface area contributed by atoms with E-state index in [-0.39, 0.29) is 11.6 Å². The van der Waals surface area contributed by atoms with Crippen LogP contribution in [0.15, 0.2) is 12.2 Å². The molecule has 1 aliphatic carbocycles. The number of aromatic nitrogens is 1. The molecule has 0 N–H and O–H groups in total. The van der Waals surface area contributed by atoms with E-state index < -0.39 is 0 Å². The molecule has 2 rings (SSSR count). The topological polar surface area (TPSA) is 47.0 Å². The molecule has 4 heteroatoms. The van der Waals surface area contributed by atoms with E-state index in [1.165, 1.54) is 23.5 Å². The molecule has 0 saturated carbocycles. The Balaban J connectivity index is 2.68. The van der Waals surface area contributed by atoms with Gasteiger partial charge in [-0.2, -0.15) is 0 Å². The highest BCUT2D eigenvalue weighted by Crippen LogP contribution is 2.22. The van der Waals surface area contributed by atoms with Gasteiger partial charge < -0.3 is 0 Å². The lowest BCUT2D eigenvalue weighted by molar-refractivity contribution is 0.0994. The summed E-state index contributed by atoms with van der Waals surface area (Å²) >= 11 is 1.27. The number of nitrogens with zero attached hydrogens (tertiary/aromatic N) is 1. The predicted octanol–water partition coefficient (Wildman–Crippen LogP) is 1.39. The zero-order chi connectivity index (χ0) is 8.72. The minimum Gasteiger partial charge on any atom is -0.288 e. The predicted molar refractivity (Wildman–Crippen MR) is 44.7 cm³/mol. The summed E-state index contributed by atoms with van der Waals surface area (Å²) in [4.78, 5) is 26.8. The molecular weight excluding hydrogens is 174 g/mol. The average molecular weight is 179 g/mol. The lowest BCUT2D eigenvalue weighted by Gasteiger charge is -1.98. The van der Waals surface area contributed by atoms with Crippen LogP contribution in [0.3, 0.4) is 0 Å². The van der Waals surface area contributed by atoms with E-state index in [0.29, 0.717) is 10.6 Å². The van der Waals surface area contributed by atoms with Gasteiger partial charge in [-0.25, -0.2) is 4.98 Å². The highest BCUT2D eigenvalue weighted by atomic mass is 32.1. The average Bonchev–Trinajstić information content (AvgIpc) is 2.41. The van der Waals surface area contributed by atoms with Crippen LogP contribution in [0.4, 0.5) is 0 Å². The van der Waals surface area contributed by atoms with Crippen LogP contribution < -0.4 is 0 Å². The zero-order valence-corrected chi connectivity index (χ0v) is 7.14. The molecule has 0 bridgehead atoms. The standard InChI is InChI=1S/C8H5NO2S/c1-4-9-7-5(10)2-3-6(11)8(7)12-4/h2-3H,1H3. The van der Waals surface area contributed by atoms with Gasteiger partial charge in [0.15, 0.2) is 5.78 Å². The van der Waals surface area contributed by atoms with Crippen molar-refractivity contribution in [1.29, 1.82) is 0 Å². The molecule has 0 radical (unpaired) electrons. The summed E-state index contributed by atoms with van der Waals surface area (Å²) in [5, 5.41) is 0.755. The second-order valence-electron chi connectivity index (χ2n) is 2.47. The van der Waals surface area contributed by atoms with Gasteiger partial charge in [-0.05, 0) is 19.1 Å². The largest absolute Gasteiger partial charge is 0.288 e. The van der Waals surface area contributed by atoms with Gasteiger partial charge in [-0.3, -0.25) is 9.59 Å². The molecule has 0 saturated heterocycles. The van der Waals surface area contributed by atoms with Gasteiger partial charge >= 0.3 is 0 Å². The molecule has 0 atom stereocenters. The highest BCUT2D eigenvalue weighted by molar-refractivity contribution is 7.14. The molecule has 0 aromatic carbocycles. The van der Waals surface area contributed by atoms with Crippen LogP contribution in [0.5, 0.6) is 0 Å². The molecule has 0 fully saturated rings. The second kappa shape index (κ2) is 2.35. The minimum absolute atomic E-state index is 0.116. The Bertz CT molecular complexity index is 368. The summed E-state index contributed by atoms with van der Waals surface area (Å²) in [6, 6.07) is 0. The van der Waals surface area contributed by atoms with Crippen molar-refractivity contribution in [2.75, 3.05) is 0 Å². The molecule has 0 amide bonds. The van der Waals surface area contributed by atoms with Crippen molar-refractivity contribution in [3.05, 3.63) is 27.7 Å². The molecule has 1 aromatic rings. The molecule has 1 aliphatic rings. The van der Waals surface area contributed by atoms with Gasteiger partial charge in [0, 0.05) is 0 Å². The van der Waals surface area contributed by atoms with E-state index in [1.54, 1.807) is 6.92 Å². The molecule has 1 heterocycles. The lowest BCUT2D eigenvalue weighted by atomic mass is 10.1. The van der Waals surface area contributed by atoms with Crippen molar-refractivity contribution in [1.82, 2.24) is 4.98 Å². The first-order valence-corrected chi connectivity index (χ1v) is 4.24. The maximum absolute atomic E-state index is 11.2. The van der Waals surface area contributed by atoms with E-state index in [1.807, 2.05) is 0 Å². The quantitative estimate of drug-likeness (QED) is 0.604. The Hall–Kier alpha value is -1.29. The van der Waals surface area contributed by atoms with E-state index in [2.05, 4.69) is 4.98 Å². The van der Waals surface area contributed by atoms with Crippen molar-refractivity contribution in [2.45, 2.75) is 6.92 Å². The van der Waals surface area contributed by atoms with E-state index in [0.717, 1.165) is 5.01 Å². The highest BCUT2D eigenvalue weighted by Gasteiger charge is 2.22. The van der Waals surface area contributed by atoms with Gasteiger partial charge in [0.05, 0.1) is 5.01 Å².